The minimum Gasteiger partial charge on any atom is -0.489 e. The molecule has 6 nitrogen and oxygen atoms in total. The molecule has 0 bridgehead atoms. The molecule has 0 radical (unpaired) electrons. The molecule has 6 rings (SSSR count). The zero-order valence-electron chi connectivity index (χ0n) is 22.4. The molecule has 0 saturated heterocycles. The van der Waals surface area contributed by atoms with Crippen LogP contribution in [0.4, 0.5) is 4.39 Å². The number of allylic oxidation sites excluding steroid dienone is 1. The van der Waals surface area contributed by atoms with E-state index in [-0.39, 0.29) is 30.3 Å². The number of hydrogen-bond acceptors (Lipinski definition) is 6. The second-order valence-corrected chi connectivity index (χ2v) is 9.90. The Hall–Kier alpha value is -5.61. The fraction of sp³-hybridized carbons (Fsp3) is 0.0857. The van der Waals surface area contributed by atoms with E-state index in [1.165, 1.54) is 12.1 Å². The predicted molar refractivity (Wildman–Crippen MR) is 156 cm³/mol. The minimum absolute atomic E-state index is 0.00846. The molecule has 1 heterocycles. The lowest BCUT2D eigenvalue weighted by Crippen LogP contribution is -2.21. The van der Waals surface area contributed by atoms with Gasteiger partial charge >= 0.3 is 5.97 Å². The van der Waals surface area contributed by atoms with Gasteiger partial charge in [-0.3, -0.25) is 4.79 Å². The monoisotopic (exact) mass is 556 g/mol. The third kappa shape index (κ3) is 5.51. The van der Waals surface area contributed by atoms with Crippen LogP contribution in [0.25, 0.3) is 10.8 Å². The molecule has 0 spiro atoms. The summed E-state index contributed by atoms with van der Waals surface area (Å²) in [4.78, 5) is 12.9. The zero-order valence-corrected chi connectivity index (χ0v) is 22.4. The summed E-state index contributed by atoms with van der Waals surface area (Å²) in [6.45, 7) is 0.290. The molecule has 1 unspecified atom stereocenters. The van der Waals surface area contributed by atoms with E-state index >= 15 is 0 Å². The SMILES string of the molecule is N#CC1=C(N)Oc2cc(OC(=O)Cc3cccc4ccccc34)ccc2C1c1ccc(OCc2ccc(F)cc2)cc1. The smallest absolute Gasteiger partial charge is 0.315 e. The van der Waals surface area contributed by atoms with Crippen molar-refractivity contribution in [1.29, 1.82) is 5.26 Å². The van der Waals surface area contributed by atoms with Gasteiger partial charge in [0, 0.05) is 11.6 Å². The van der Waals surface area contributed by atoms with Crippen molar-refractivity contribution in [3.8, 4) is 23.3 Å². The van der Waals surface area contributed by atoms with Crippen LogP contribution in [0, 0.1) is 17.1 Å². The van der Waals surface area contributed by atoms with Crippen molar-refractivity contribution in [1.82, 2.24) is 0 Å². The highest BCUT2D eigenvalue weighted by atomic mass is 19.1. The van der Waals surface area contributed by atoms with Crippen LogP contribution >= 0.6 is 0 Å². The number of ether oxygens (including phenoxy) is 3. The molecular weight excluding hydrogens is 531 g/mol. The Balaban J connectivity index is 1.20. The first-order valence-corrected chi connectivity index (χ1v) is 13.3. The molecule has 0 saturated carbocycles. The van der Waals surface area contributed by atoms with Crippen LogP contribution in [0.5, 0.6) is 17.2 Å². The number of fused-ring (bicyclic) bond motifs is 2. The Morgan fingerprint density at radius 3 is 2.43 bits per heavy atom. The topological polar surface area (TPSA) is 94.6 Å². The summed E-state index contributed by atoms with van der Waals surface area (Å²) in [5.74, 6) is 0.150. The van der Waals surface area contributed by atoms with Crippen LogP contribution < -0.4 is 19.9 Å². The number of nitrogens with zero attached hydrogens (tertiary/aromatic N) is 1. The largest absolute Gasteiger partial charge is 0.489 e. The molecule has 0 amide bonds. The van der Waals surface area contributed by atoms with Crippen LogP contribution in [-0.2, 0) is 17.8 Å². The molecule has 0 aromatic heterocycles. The third-order valence-corrected chi connectivity index (χ3v) is 7.17. The van der Waals surface area contributed by atoms with E-state index < -0.39 is 11.9 Å². The van der Waals surface area contributed by atoms with Gasteiger partial charge in [-0.1, -0.05) is 72.8 Å². The molecule has 42 heavy (non-hydrogen) atoms. The fourth-order valence-electron chi connectivity index (χ4n) is 5.12. The van der Waals surface area contributed by atoms with E-state index in [0.717, 1.165) is 33.0 Å². The quantitative estimate of drug-likeness (QED) is 0.173. The highest BCUT2D eigenvalue weighted by molar-refractivity contribution is 5.89. The summed E-state index contributed by atoms with van der Waals surface area (Å²) in [7, 11) is 0. The molecule has 5 aromatic rings. The lowest BCUT2D eigenvalue weighted by molar-refractivity contribution is -0.133. The highest BCUT2D eigenvalue weighted by Gasteiger charge is 2.31. The van der Waals surface area contributed by atoms with Crippen molar-refractivity contribution in [3.63, 3.8) is 0 Å². The lowest BCUT2D eigenvalue weighted by Gasteiger charge is -2.27. The average molecular weight is 557 g/mol. The minimum atomic E-state index is -0.481. The van der Waals surface area contributed by atoms with E-state index in [1.807, 2.05) is 66.7 Å². The number of nitriles is 1. The molecule has 206 valence electrons. The Morgan fingerprint density at radius 2 is 1.64 bits per heavy atom. The van der Waals surface area contributed by atoms with Gasteiger partial charge in [-0.15, -0.1) is 0 Å². The Kier molecular flexibility index (Phi) is 7.27. The van der Waals surface area contributed by atoms with E-state index in [0.29, 0.717) is 17.2 Å². The van der Waals surface area contributed by atoms with Crippen molar-refractivity contribution in [3.05, 3.63) is 149 Å². The van der Waals surface area contributed by atoms with Crippen LogP contribution in [0.3, 0.4) is 0 Å². The third-order valence-electron chi connectivity index (χ3n) is 7.17. The van der Waals surface area contributed by atoms with Gasteiger partial charge in [-0.2, -0.15) is 5.26 Å². The molecule has 0 fully saturated rings. The number of esters is 1. The normalized spacial score (nSPS) is 14.0. The second kappa shape index (κ2) is 11.5. The number of hydrogen-bond donors (Lipinski definition) is 1. The van der Waals surface area contributed by atoms with Crippen molar-refractivity contribution in [2.24, 2.45) is 5.73 Å². The van der Waals surface area contributed by atoms with Crippen LogP contribution in [0.2, 0.25) is 0 Å². The number of benzene rings is 5. The maximum atomic E-state index is 13.2. The average Bonchev–Trinajstić information content (AvgIpc) is 3.00. The van der Waals surface area contributed by atoms with Gasteiger partial charge in [-0.05, 0) is 57.8 Å². The molecule has 5 aromatic carbocycles. The maximum Gasteiger partial charge on any atom is 0.315 e. The van der Waals surface area contributed by atoms with Gasteiger partial charge in [0.2, 0.25) is 5.88 Å². The number of halogens is 1. The standard InChI is InChI=1S/C35H25FN2O4/c36-26-12-8-22(9-13-26)21-40-27-14-10-24(11-15-27)34-30-17-16-28(19-32(30)42-35(38)31(34)20-37)41-33(39)18-25-6-3-5-23-4-1-2-7-29(23)25/h1-17,19,34H,18,21,38H2. The Bertz CT molecular complexity index is 1850. The lowest BCUT2D eigenvalue weighted by atomic mass is 9.83. The molecule has 2 N–H and O–H groups in total. The predicted octanol–water partition coefficient (Wildman–Crippen LogP) is 6.92. The zero-order chi connectivity index (χ0) is 29.1. The van der Waals surface area contributed by atoms with Crippen molar-refractivity contribution < 1.29 is 23.4 Å². The summed E-state index contributed by atoms with van der Waals surface area (Å²) < 4.78 is 30.5. The van der Waals surface area contributed by atoms with Gasteiger partial charge in [0.15, 0.2) is 0 Å². The first kappa shape index (κ1) is 26.6. The van der Waals surface area contributed by atoms with Gasteiger partial charge in [0.05, 0.1) is 12.3 Å². The van der Waals surface area contributed by atoms with Crippen molar-refractivity contribution in [2.45, 2.75) is 18.9 Å². The number of rotatable bonds is 7. The number of carbonyl (C=O) groups excluding carboxylic acids is 1. The maximum absolute atomic E-state index is 13.2. The highest BCUT2D eigenvalue weighted by Crippen LogP contribution is 2.43. The molecule has 1 aliphatic heterocycles. The summed E-state index contributed by atoms with van der Waals surface area (Å²) in [6, 6.07) is 34.5. The Labute approximate surface area is 242 Å². The summed E-state index contributed by atoms with van der Waals surface area (Å²) in [6.07, 6.45) is 0.109. The van der Waals surface area contributed by atoms with Crippen LogP contribution in [0.1, 0.15) is 28.2 Å². The molecule has 1 atom stereocenters. The van der Waals surface area contributed by atoms with Crippen molar-refractivity contribution in [2.75, 3.05) is 0 Å². The van der Waals surface area contributed by atoms with Gasteiger partial charge in [0.25, 0.3) is 0 Å². The Morgan fingerprint density at radius 1 is 0.905 bits per heavy atom. The van der Waals surface area contributed by atoms with Gasteiger partial charge in [0.1, 0.15) is 41.3 Å². The van der Waals surface area contributed by atoms with E-state index in [9.17, 15) is 14.4 Å². The molecule has 1 aliphatic rings. The first-order valence-electron chi connectivity index (χ1n) is 13.3. The first-order chi connectivity index (χ1) is 20.5. The number of nitrogens with two attached hydrogens (primary N) is 1. The van der Waals surface area contributed by atoms with Crippen LogP contribution in [-0.4, -0.2) is 5.97 Å². The second-order valence-electron chi connectivity index (χ2n) is 9.90. The van der Waals surface area contributed by atoms with Crippen LogP contribution in [0.15, 0.2) is 121 Å². The van der Waals surface area contributed by atoms with Gasteiger partial charge in [-0.25, -0.2) is 4.39 Å². The summed E-state index contributed by atoms with van der Waals surface area (Å²) in [5.41, 5.74) is 9.70. The fourth-order valence-corrected chi connectivity index (χ4v) is 5.12. The summed E-state index contributed by atoms with van der Waals surface area (Å²) >= 11 is 0. The van der Waals surface area contributed by atoms with E-state index in [4.69, 9.17) is 19.9 Å². The summed E-state index contributed by atoms with van der Waals surface area (Å²) in [5, 5.41) is 12.0. The van der Waals surface area contributed by atoms with E-state index in [1.54, 1.807) is 30.3 Å². The van der Waals surface area contributed by atoms with E-state index in [2.05, 4.69) is 6.07 Å². The van der Waals surface area contributed by atoms with Crippen molar-refractivity contribution >= 4 is 16.7 Å². The molecule has 7 heteroatoms. The number of carbonyl (C=O) groups is 1. The molecular formula is C35H25FN2O4. The molecule has 0 aliphatic carbocycles. The van der Waals surface area contributed by atoms with Gasteiger partial charge < -0.3 is 19.9 Å².